The molecule has 0 bridgehead atoms. The Morgan fingerprint density at radius 1 is 1.19 bits per heavy atom. The zero-order chi connectivity index (χ0) is 22.3. The monoisotopic (exact) mass is 442 g/mol. The first-order valence-corrected chi connectivity index (χ1v) is 12.4. The Morgan fingerprint density at radius 2 is 1.94 bits per heavy atom. The first-order chi connectivity index (χ1) is 15.4. The molecule has 6 heteroatoms. The van der Waals surface area contributed by atoms with Crippen LogP contribution in [0.25, 0.3) is 0 Å². The molecule has 1 unspecified atom stereocenters. The summed E-state index contributed by atoms with van der Waals surface area (Å²) in [5.41, 5.74) is 2.75. The van der Waals surface area contributed by atoms with Crippen LogP contribution in [-0.2, 0) is 27.2 Å². The van der Waals surface area contributed by atoms with Gasteiger partial charge in [0.1, 0.15) is 24.2 Å². The number of ether oxygens (including phenoxy) is 4. The van der Waals surface area contributed by atoms with Gasteiger partial charge < -0.3 is 23.8 Å². The van der Waals surface area contributed by atoms with Gasteiger partial charge in [-0.1, -0.05) is 20.3 Å². The molecule has 5 aliphatic rings. The Balaban J connectivity index is 1.22. The van der Waals surface area contributed by atoms with Crippen LogP contribution in [0.4, 0.5) is 0 Å². The van der Waals surface area contributed by atoms with E-state index in [2.05, 4.69) is 26.0 Å². The third-order valence-corrected chi connectivity index (χ3v) is 9.60. The molecule has 1 spiro atoms. The maximum atomic E-state index is 13.1. The third kappa shape index (κ3) is 2.75. The lowest BCUT2D eigenvalue weighted by molar-refractivity contribution is -0.918. The van der Waals surface area contributed by atoms with Gasteiger partial charge in [-0.25, -0.2) is 0 Å². The molecule has 2 saturated heterocycles. The number of carbonyl (C=O) groups excluding carboxylic acids is 1. The van der Waals surface area contributed by atoms with Crippen LogP contribution in [-0.4, -0.2) is 51.1 Å². The largest absolute Gasteiger partial charge is 0.493 e. The molecule has 0 aromatic heterocycles. The van der Waals surface area contributed by atoms with Crippen LogP contribution in [0, 0.1) is 23.2 Å². The van der Waals surface area contributed by atoms with Gasteiger partial charge in [-0.15, -0.1) is 0 Å². The van der Waals surface area contributed by atoms with Gasteiger partial charge in [-0.05, 0) is 42.9 Å². The van der Waals surface area contributed by atoms with Gasteiger partial charge in [0.15, 0.2) is 11.5 Å². The van der Waals surface area contributed by atoms with Crippen LogP contribution < -0.4 is 14.4 Å². The fourth-order valence-electron chi connectivity index (χ4n) is 7.98. The molecule has 8 atom stereocenters. The van der Waals surface area contributed by atoms with E-state index in [0.29, 0.717) is 5.92 Å². The van der Waals surface area contributed by atoms with E-state index in [4.69, 9.17) is 18.9 Å². The highest BCUT2D eigenvalue weighted by atomic mass is 16.6. The quantitative estimate of drug-likeness (QED) is 0.572. The summed E-state index contributed by atoms with van der Waals surface area (Å²) in [4.78, 5) is 14.5. The SMILES string of the molecule is COc1cc2c(cc1OC)C[NH+](C[C@@H]1C(=O)O[C@@H]3C[C@@]4(C)CCC[C@@H](C)[C@@]45O[C@H]5[C@H]13)CC2. The molecule has 174 valence electrons. The van der Waals surface area contributed by atoms with E-state index in [0.717, 1.165) is 44.0 Å². The van der Waals surface area contributed by atoms with Crippen molar-refractivity contribution in [2.45, 2.75) is 70.3 Å². The number of hydrogen-bond donors (Lipinski definition) is 1. The lowest BCUT2D eigenvalue weighted by Gasteiger charge is -2.48. The smallest absolute Gasteiger partial charge is 0.315 e. The second-order valence-corrected chi connectivity index (χ2v) is 11.2. The Kier molecular flexibility index (Phi) is 4.61. The van der Waals surface area contributed by atoms with Crippen LogP contribution >= 0.6 is 0 Å². The molecule has 2 saturated carbocycles. The molecular formula is C26H36NO5+. The fourth-order valence-corrected chi connectivity index (χ4v) is 7.98. The number of epoxide rings is 1. The summed E-state index contributed by atoms with van der Waals surface area (Å²) in [5, 5.41) is 0. The van der Waals surface area contributed by atoms with Crippen LogP contribution in [0.5, 0.6) is 11.5 Å². The Labute approximate surface area is 190 Å². The van der Waals surface area contributed by atoms with Crippen molar-refractivity contribution in [1.29, 1.82) is 0 Å². The van der Waals surface area contributed by atoms with Gasteiger partial charge in [0.05, 0.1) is 33.4 Å². The number of carbonyl (C=O) groups is 1. The number of esters is 1. The average Bonchev–Trinajstić information content (AvgIpc) is 3.47. The summed E-state index contributed by atoms with van der Waals surface area (Å²) in [6.07, 6.45) is 5.87. The molecule has 1 aromatic carbocycles. The summed E-state index contributed by atoms with van der Waals surface area (Å²) >= 11 is 0. The van der Waals surface area contributed by atoms with E-state index in [1.165, 1.54) is 35.3 Å². The van der Waals surface area contributed by atoms with E-state index >= 15 is 0 Å². The number of fused-ring (bicyclic) bond motifs is 3. The van der Waals surface area contributed by atoms with Crippen molar-refractivity contribution in [3.05, 3.63) is 23.3 Å². The van der Waals surface area contributed by atoms with Gasteiger partial charge in [-0.3, -0.25) is 4.79 Å². The highest BCUT2D eigenvalue weighted by molar-refractivity contribution is 5.76. The number of quaternary nitrogens is 1. The van der Waals surface area contributed by atoms with Crippen molar-refractivity contribution >= 4 is 5.97 Å². The van der Waals surface area contributed by atoms with Crippen LogP contribution in [0.1, 0.15) is 50.7 Å². The molecule has 6 nitrogen and oxygen atoms in total. The average molecular weight is 443 g/mol. The molecule has 2 aliphatic carbocycles. The number of hydrogen-bond acceptors (Lipinski definition) is 5. The first kappa shape index (κ1) is 20.8. The van der Waals surface area contributed by atoms with Gasteiger partial charge in [-0.2, -0.15) is 0 Å². The molecule has 6 rings (SSSR count). The summed E-state index contributed by atoms with van der Waals surface area (Å²) in [6.45, 7) is 7.50. The second kappa shape index (κ2) is 7.10. The maximum Gasteiger partial charge on any atom is 0.315 e. The van der Waals surface area contributed by atoms with Crippen LogP contribution in [0.3, 0.4) is 0 Å². The highest BCUT2D eigenvalue weighted by Crippen LogP contribution is 2.70. The minimum atomic E-state index is -0.0558. The molecule has 1 N–H and O–H groups in total. The van der Waals surface area contributed by atoms with E-state index in [1.54, 1.807) is 14.2 Å². The normalized spacial score (nSPS) is 43.9. The Hall–Kier alpha value is -1.79. The Morgan fingerprint density at radius 3 is 2.69 bits per heavy atom. The highest BCUT2D eigenvalue weighted by Gasteiger charge is 2.78. The van der Waals surface area contributed by atoms with E-state index in [9.17, 15) is 4.79 Å². The lowest BCUT2D eigenvalue weighted by Crippen LogP contribution is -3.12. The van der Waals surface area contributed by atoms with Gasteiger partial charge in [0.25, 0.3) is 0 Å². The second-order valence-electron chi connectivity index (χ2n) is 11.2. The van der Waals surface area contributed by atoms with Gasteiger partial charge in [0, 0.05) is 23.3 Å². The molecule has 4 fully saturated rings. The number of methoxy groups -OCH3 is 2. The summed E-state index contributed by atoms with van der Waals surface area (Å²) in [5.74, 6) is 2.31. The summed E-state index contributed by atoms with van der Waals surface area (Å²) in [7, 11) is 3.36. The zero-order valence-corrected chi connectivity index (χ0v) is 19.7. The predicted octanol–water partition coefficient (Wildman–Crippen LogP) is 2.17. The first-order valence-electron chi connectivity index (χ1n) is 12.4. The van der Waals surface area contributed by atoms with Crippen molar-refractivity contribution in [3.8, 4) is 11.5 Å². The molecule has 32 heavy (non-hydrogen) atoms. The van der Waals surface area contributed by atoms with Gasteiger partial charge in [0.2, 0.25) is 0 Å². The maximum absolute atomic E-state index is 13.1. The third-order valence-electron chi connectivity index (χ3n) is 9.60. The molecular weight excluding hydrogens is 406 g/mol. The fraction of sp³-hybridized carbons (Fsp3) is 0.731. The molecule has 3 aliphatic heterocycles. The minimum absolute atomic E-state index is 0.00570. The zero-order valence-electron chi connectivity index (χ0n) is 19.7. The number of rotatable bonds is 4. The van der Waals surface area contributed by atoms with Crippen LogP contribution in [0.2, 0.25) is 0 Å². The molecule has 3 heterocycles. The van der Waals surface area contributed by atoms with Crippen molar-refractivity contribution < 1.29 is 28.6 Å². The number of nitrogens with one attached hydrogen (secondary N) is 1. The summed E-state index contributed by atoms with van der Waals surface area (Å²) in [6, 6.07) is 4.22. The molecule has 0 amide bonds. The van der Waals surface area contributed by atoms with Crippen molar-refractivity contribution in [2.75, 3.05) is 27.3 Å². The van der Waals surface area contributed by atoms with E-state index < -0.39 is 0 Å². The topological polar surface area (TPSA) is 61.7 Å². The molecule has 1 aromatic rings. The van der Waals surface area contributed by atoms with Gasteiger partial charge >= 0.3 is 5.97 Å². The van der Waals surface area contributed by atoms with Crippen molar-refractivity contribution in [2.24, 2.45) is 23.2 Å². The Bertz CT molecular complexity index is 948. The predicted molar refractivity (Wildman–Crippen MR) is 118 cm³/mol. The standard InChI is InChI=1S/C26H35NO5/c1-15-6-5-8-25(2)12-21-22(23-26(15,25)32-23)18(24(28)31-21)14-27-9-7-16-10-19(29-3)20(30-4)11-17(16)13-27/h10-11,15,18,21-23H,5-9,12-14H2,1-4H3/p+1/t15-,18+,21-,22-,23+,25-,26+/m1/s1. The lowest BCUT2D eigenvalue weighted by atomic mass is 9.53. The van der Waals surface area contributed by atoms with E-state index in [1.807, 2.05) is 0 Å². The summed E-state index contributed by atoms with van der Waals surface area (Å²) < 4.78 is 23.6. The van der Waals surface area contributed by atoms with Crippen molar-refractivity contribution in [1.82, 2.24) is 0 Å². The number of benzene rings is 1. The van der Waals surface area contributed by atoms with Crippen molar-refractivity contribution in [3.63, 3.8) is 0 Å². The molecule has 0 radical (unpaired) electrons. The van der Waals surface area contributed by atoms with E-state index in [-0.39, 0.29) is 41.0 Å². The van der Waals surface area contributed by atoms with Crippen LogP contribution in [0.15, 0.2) is 12.1 Å². The minimum Gasteiger partial charge on any atom is -0.493 e.